The highest BCUT2D eigenvalue weighted by molar-refractivity contribution is 5.95. The zero-order valence-electron chi connectivity index (χ0n) is 12.4. The van der Waals surface area contributed by atoms with E-state index in [1.807, 2.05) is 0 Å². The number of aromatic amines is 1. The van der Waals surface area contributed by atoms with Gasteiger partial charge >= 0.3 is 0 Å². The van der Waals surface area contributed by atoms with Crippen LogP contribution in [0.1, 0.15) is 34.5 Å². The quantitative estimate of drug-likeness (QED) is 0.770. The van der Waals surface area contributed by atoms with Gasteiger partial charge < -0.3 is 15.2 Å². The minimum Gasteiger partial charge on any atom is -0.355 e. The van der Waals surface area contributed by atoms with Gasteiger partial charge in [-0.2, -0.15) is 0 Å². The van der Waals surface area contributed by atoms with E-state index in [1.165, 1.54) is 0 Å². The Morgan fingerprint density at radius 2 is 2.00 bits per heavy atom. The fourth-order valence-electron chi connectivity index (χ4n) is 3.91. The van der Waals surface area contributed by atoms with Crippen molar-refractivity contribution in [2.45, 2.75) is 25.7 Å². The van der Waals surface area contributed by atoms with Gasteiger partial charge in [0, 0.05) is 31.2 Å². The van der Waals surface area contributed by atoms with Crippen LogP contribution < -0.4 is 10.9 Å². The second kappa shape index (κ2) is 4.97. The molecule has 3 heterocycles. The number of rotatable bonds is 1. The van der Waals surface area contributed by atoms with Gasteiger partial charge in [0.25, 0.3) is 11.5 Å². The summed E-state index contributed by atoms with van der Waals surface area (Å²) >= 11 is 0. The van der Waals surface area contributed by atoms with Crippen molar-refractivity contribution in [2.75, 3.05) is 19.6 Å². The van der Waals surface area contributed by atoms with Crippen LogP contribution in [0.4, 0.5) is 0 Å². The van der Waals surface area contributed by atoms with Crippen molar-refractivity contribution >= 4 is 11.8 Å². The van der Waals surface area contributed by atoms with Crippen LogP contribution in [0, 0.1) is 11.8 Å². The number of pyridine rings is 1. The van der Waals surface area contributed by atoms with E-state index in [0.29, 0.717) is 19.6 Å². The third-order valence-electron chi connectivity index (χ3n) is 5.17. The van der Waals surface area contributed by atoms with Crippen molar-refractivity contribution in [3.05, 3.63) is 33.2 Å². The maximum atomic E-state index is 12.7. The molecule has 1 aromatic heterocycles. The van der Waals surface area contributed by atoms with Crippen LogP contribution >= 0.6 is 0 Å². The highest BCUT2D eigenvalue weighted by atomic mass is 16.2. The SMILES string of the molecule is O=C1NC[C@H]2CN(C(=O)c3cc4c([nH]c3=O)CCCC4)C[C@@H]12. The van der Waals surface area contributed by atoms with Crippen LogP contribution in [-0.2, 0) is 17.6 Å². The molecule has 6 heteroatoms. The molecule has 1 aliphatic carbocycles. The van der Waals surface area contributed by atoms with Crippen LogP contribution in [0.25, 0.3) is 0 Å². The topological polar surface area (TPSA) is 82.3 Å². The van der Waals surface area contributed by atoms with E-state index in [1.54, 1.807) is 11.0 Å². The smallest absolute Gasteiger partial charge is 0.261 e. The number of carbonyl (C=O) groups excluding carboxylic acids is 2. The van der Waals surface area contributed by atoms with E-state index in [9.17, 15) is 14.4 Å². The molecule has 4 rings (SSSR count). The maximum Gasteiger partial charge on any atom is 0.261 e. The van der Waals surface area contributed by atoms with Gasteiger partial charge in [0.1, 0.15) is 5.56 Å². The van der Waals surface area contributed by atoms with Crippen molar-refractivity contribution < 1.29 is 9.59 Å². The first-order valence-corrected chi connectivity index (χ1v) is 7.95. The molecule has 2 fully saturated rings. The molecule has 2 atom stereocenters. The van der Waals surface area contributed by atoms with E-state index in [-0.39, 0.29) is 34.8 Å². The molecule has 1 aromatic rings. The third-order valence-corrected chi connectivity index (χ3v) is 5.17. The third kappa shape index (κ3) is 2.05. The Kier molecular flexibility index (Phi) is 3.06. The fraction of sp³-hybridized carbons (Fsp3) is 0.562. The zero-order chi connectivity index (χ0) is 15.3. The number of hydrogen-bond acceptors (Lipinski definition) is 3. The molecule has 6 nitrogen and oxygen atoms in total. The van der Waals surface area contributed by atoms with Crippen LogP contribution in [0.5, 0.6) is 0 Å². The summed E-state index contributed by atoms with van der Waals surface area (Å²) in [6.07, 6.45) is 3.98. The minimum absolute atomic E-state index is 0.0275. The number of aromatic nitrogens is 1. The second-order valence-electron chi connectivity index (χ2n) is 6.54. The van der Waals surface area contributed by atoms with Crippen molar-refractivity contribution in [2.24, 2.45) is 11.8 Å². The normalized spacial score (nSPS) is 26.5. The predicted octanol–water partition coefficient (Wildman–Crippen LogP) is 0.0717. The van der Waals surface area contributed by atoms with Gasteiger partial charge in [-0.3, -0.25) is 14.4 Å². The van der Waals surface area contributed by atoms with E-state index in [2.05, 4.69) is 10.3 Å². The molecule has 2 aliphatic heterocycles. The Morgan fingerprint density at radius 1 is 1.18 bits per heavy atom. The van der Waals surface area contributed by atoms with Gasteiger partial charge in [-0.25, -0.2) is 0 Å². The average Bonchev–Trinajstić information content (AvgIpc) is 3.08. The first-order valence-electron chi connectivity index (χ1n) is 7.95. The number of nitrogens with zero attached hydrogens (tertiary/aromatic N) is 1. The lowest BCUT2D eigenvalue weighted by atomic mass is 9.95. The zero-order valence-corrected chi connectivity index (χ0v) is 12.4. The molecule has 2 saturated heterocycles. The van der Waals surface area contributed by atoms with Crippen LogP contribution in [0.2, 0.25) is 0 Å². The molecule has 0 saturated carbocycles. The number of H-pyrrole nitrogens is 1. The summed E-state index contributed by atoms with van der Waals surface area (Å²) < 4.78 is 0. The van der Waals surface area contributed by atoms with E-state index >= 15 is 0 Å². The summed E-state index contributed by atoms with van der Waals surface area (Å²) in [6.45, 7) is 1.61. The molecule has 2 amide bonds. The summed E-state index contributed by atoms with van der Waals surface area (Å²) in [6, 6.07) is 1.77. The summed E-state index contributed by atoms with van der Waals surface area (Å²) in [5.41, 5.74) is 1.99. The van der Waals surface area contributed by atoms with Crippen LogP contribution in [-0.4, -0.2) is 41.3 Å². The van der Waals surface area contributed by atoms with E-state index < -0.39 is 0 Å². The summed E-state index contributed by atoms with van der Waals surface area (Å²) in [7, 11) is 0. The molecule has 0 aromatic carbocycles. The highest BCUT2D eigenvalue weighted by Gasteiger charge is 2.44. The van der Waals surface area contributed by atoms with Crippen LogP contribution in [0.3, 0.4) is 0 Å². The van der Waals surface area contributed by atoms with Gasteiger partial charge in [-0.1, -0.05) is 0 Å². The summed E-state index contributed by atoms with van der Waals surface area (Å²) in [4.78, 5) is 41.1. The monoisotopic (exact) mass is 301 g/mol. The molecule has 22 heavy (non-hydrogen) atoms. The number of likely N-dealkylation sites (tertiary alicyclic amines) is 1. The summed E-state index contributed by atoms with van der Waals surface area (Å²) in [5.74, 6) is -0.134. The predicted molar refractivity (Wildman–Crippen MR) is 79.6 cm³/mol. The first-order chi connectivity index (χ1) is 10.6. The molecule has 116 valence electrons. The number of nitrogens with one attached hydrogen (secondary N) is 2. The molecule has 0 bridgehead atoms. The van der Waals surface area contributed by atoms with Gasteiger partial charge in [0.05, 0.1) is 5.92 Å². The largest absolute Gasteiger partial charge is 0.355 e. The van der Waals surface area contributed by atoms with Gasteiger partial charge in [-0.15, -0.1) is 0 Å². The van der Waals surface area contributed by atoms with Gasteiger partial charge in [0.2, 0.25) is 5.91 Å². The van der Waals surface area contributed by atoms with Crippen molar-refractivity contribution in [1.82, 2.24) is 15.2 Å². The molecule has 0 spiro atoms. The minimum atomic E-state index is -0.299. The Hall–Kier alpha value is -2.11. The molecular formula is C16H19N3O3. The molecular weight excluding hydrogens is 282 g/mol. The Balaban J connectivity index is 1.61. The van der Waals surface area contributed by atoms with Crippen molar-refractivity contribution in [1.29, 1.82) is 0 Å². The van der Waals surface area contributed by atoms with Gasteiger partial charge in [-0.05, 0) is 37.3 Å². The summed E-state index contributed by atoms with van der Waals surface area (Å²) in [5, 5.41) is 2.83. The number of aryl methyl sites for hydroxylation is 2. The molecule has 2 N–H and O–H groups in total. The van der Waals surface area contributed by atoms with Crippen molar-refractivity contribution in [3.8, 4) is 0 Å². The lowest BCUT2D eigenvalue weighted by Gasteiger charge is -2.19. The Morgan fingerprint density at radius 3 is 2.82 bits per heavy atom. The first kappa shape index (κ1) is 13.5. The average molecular weight is 301 g/mol. The van der Waals surface area contributed by atoms with E-state index in [0.717, 1.165) is 36.9 Å². The van der Waals surface area contributed by atoms with E-state index in [4.69, 9.17) is 0 Å². The maximum absolute atomic E-state index is 12.7. The number of fused-ring (bicyclic) bond motifs is 2. The molecule has 0 radical (unpaired) electrons. The Labute approximate surface area is 127 Å². The fourth-order valence-corrected chi connectivity index (χ4v) is 3.91. The lowest BCUT2D eigenvalue weighted by molar-refractivity contribution is -0.122. The van der Waals surface area contributed by atoms with Crippen LogP contribution in [0.15, 0.2) is 10.9 Å². The lowest BCUT2D eigenvalue weighted by Crippen LogP contribution is -2.36. The standard InChI is InChI=1S/C16H19N3O3/c20-14-12-8-19(7-10(12)6-17-14)16(22)11-5-9-3-1-2-4-13(9)18-15(11)21/h5,10,12H,1-4,6-8H2,(H,17,20)(H,18,21)/t10-,12+/m0/s1. The number of carbonyl (C=O) groups is 2. The number of amides is 2. The van der Waals surface area contributed by atoms with Crippen molar-refractivity contribution in [3.63, 3.8) is 0 Å². The molecule has 3 aliphatic rings. The second-order valence-corrected chi connectivity index (χ2v) is 6.54. The molecule has 0 unspecified atom stereocenters. The number of hydrogen-bond donors (Lipinski definition) is 2. The highest BCUT2D eigenvalue weighted by Crippen LogP contribution is 2.28. The van der Waals surface area contributed by atoms with Gasteiger partial charge in [0.15, 0.2) is 0 Å². The Bertz CT molecular complexity index is 709.